The summed E-state index contributed by atoms with van der Waals surface area (Å²) in [6, 6.07) is 18.3. The minimum atomic E-state index is -1.21. The van der Waals surface area contributed by atoms with Crippen LogP contribution in [0.5, 0.6) is 17.2 Å². The summed E-state index contributed by atoms with van der Waals surface area (Å²) < 4.78 is 32.6. The van der Waals surface area contributed by atoms with Crippen molar-refractivity contribution in [2.24, 2.45) is 0 Å². The minimum absolute atomic E-state index is 0.0464. The maximum absolute atomic E-state index is 13.5. The number of nitrogens with zero attached hydrogens (tertiary/aromatic N) is 3. The number of nitrogens with one attached hydrogen (secondary N) is 1. The van der Waals surface area contributed by atoms with E-state index in [1.165, 1.54) is 18.7 Å². The number of piperidine rings is 1. The van der Waals surface area contributed by atoms with E-state index < -0.39 is 24.3 Å². The molecule has 0 unspecified atom stereocenters. The van der Waals surface area contributed by atoms with Gasteiger partial charge in [0.2, 0.25) is 0 Å². The average Bonchev–Trinajstić information content (AvgIpc) is 3.58. The van der Waals surface area contributed by atoms with Crippen molar-refractivity contribution in [3.63, 3.8) is 0 Å². The normalized spacial score (nSPS) is 17.0. The number of ether oxygens (including phenoxy) is 3. The van der Waals surface area contributed by atoms with Gasteiger partial charge in [-0.1, -0.05) is 41.9 Å². The first-order valence-corrected chi connectivity index (χ1v) is 18.8. The molecule has 3 N–H and O–H groups in total. The number of aliphatic hydroxyl groups excluding tert-OH is 1. The molecule has 12 heteroatoms. The Balaban J connectivity index is 1.19. The zero-order valence-electron chi connectivity index (χ0n) is 30.6. The number of hydrogen-bond acceptors (Lipinski definition) is 9. The summed E-state index contributed by atoms with van der Waals surface area (Å²) in [5, 5.41) is 32.1. The zero-order valence-corrected chi connectivity index (χ0v) is 31.3. The van der Waals surface area contributed by atoms with Gasteiger partial charge in [-0.25, -0.2) is 4.39 Å². The summed E-state index contributed by atoms with van der Waals surface area (Å²) in [4.78, 5) is 18.2. The van der Waals surface area contributed by atoms with Crippen LogP contribution in [-0.4, -0.2) is 70.6 Å². The van der Waals surface area contributed by atoms with Crippen LogP contribution < -0.4 is 19.5 Å². The number of fused-ring (bicyclic) bond motifs is 1. The van der Waals surface area contributed by atoms with Crippen molar-refractivity contribution >= 4 is 17.6 Å². The van der Waals surface area contributed by atoms with Crippen LogP contribution in [-0.2, 0) is 24.4 Å². The number of carboxylic acid groups (broad SMARTS) is 1. The number of likely N-dealkylation sites (tertiary alicyclic amines) is 1. The average molecular weight is 757 g/mol. The highest BCUT2D eigenvalue weighted by Gasteiger charge is 2.29. The van der Waals surface area contributed by atoms with E-state index in [2.05, 4.69) is 46.4 Å². The van der Waals surface area contributed by atoms with Gasteiger partial charge in [0.15, 0.2) is 0 Å². The van der Waals surface area contributed by atoms with Crippen molar-refractivity contribution < 1.29 is 33.6 Å². The van der Waals surface area contributed by atoms with Gasteiger partial charge < -0.3 is 29.3 Å². The van der Waals surface area contributed by atoms with Gasteiger partial charge in [0.05, 0.1) is 23.3 Å². The molecule has 6 rings (SSSR count). The van der Waals surface area contributed by atoms with E-state index >= 15 is 0 Å². The molecular formula is C42H46ClFN4O6. The number of benzene rings is 3. The van der Waals surface area contributed by atoms with Crippen LogP contribution in [0.25, 0.3) is 11.1 Å². The molecule has 0 bridgehead atoms. The first-order valence-electron chi connectivity index (χ1n) is 18.4. The lowest BCUT2D eigenvalue weighted by molar-refractivity contribution is -0.142. The van der Waals surface area contributed by atoms with Gasteiger partial charge in [0.25, 0.3) is 0 Å². The van der Waals surface area contributed by atoms with Crippen molar-refractivity contribution in [2.75, 3.05) is 26.2 Å². The van der Waals surface area contributed by atoms with E-state index in [-0.39, 0.29) is 19.3 Å². The summed E-state index contributed by atoms with van der Waals surface area (Å²) in [7, 11) is 0. The molecule has 1 fully saturated rings. The van der Waals surface area contributed by atoms with Crippen LogP contribution in [0, 0.1) is 18.3 Å². The van der Waals surface area contributed by atoms with E-state index in [1.54, 1.807) is 24.4 Å². The van der Waals surface area contributed by atoms with Crippen LogP contribution in [0.1, 0.15) is 72.1 Å². The fourth-order valence-electron chi connectivity index (χ4n) is 7.21. The molecule has 2 aliphatic rings. The Bertz CT molecular complexity index is 1980. The van der Waals surface area contributed by atoms with E-state index in [4.69, 9.17) is 25.8 Å². The predicted octanol–water partition coefficient (Wildman–Crippen LogP) is 7.35. The molecule has 0 spiro atoms. The number of aliphatic carboxylic acids is 1. The van der Waals surface area contributed by atoms with Crippen LogP contribution in [0.15, 0.2) is 67.0 Å². The summed E-state index contributed by atoms with van der Waals surface area (Å²) in [6.07, 6.45) is 4.63. The molecule has 0 amide bonds. The molecule has 54 heavy (non-hydrogen) atoms. The number of alkyl halides is 1. The third-order valence-corrected chi connectivity index (χ3v) is 10.4. The van der Waals surface area contributed by atoms with Crippen LogP contribution in [0.3, 0.4) is 0 Å². The number of rotatable bonds is 16. The fourth-order valence-corrected chi connectivity index (χ4v) is 7.44. The molecule has 0 radical (unpaired) electrons. The Labute approximate surface area is 320 Å². The number of aliphatic hydroxyl groups is 1. The molecule has 10 nitrogen and oxygen atoms in total. The standard InChI is InChI=1S/C42H46ClFN4O6/c1-26-32(6-4-9-37(26)52-17-5-14-48-15-12-31(44)13-16-48)33-7-3-8-35-34(33)10-11-38(35)54-40-20-39(53-25-29-18-28(21-45)22-46-23-29)30(19-36(40)43)24-47-41(27(2)49)42(50)51/h3-4,6-9,18-20,22-23,27,31,38,41,47,49H,5,10-17,24-25H2,1-2H3,(H,50,51)/t27-,38+,41+/m1/s1. The third kappa shape index (κ3) is 9.49. The molecule has 1 saturated heterocycles. The van der Waals surface area contributed by atoms with Gasteiger partial charge in [-0.15, -0.1) is 0 Å². The number of hydrogen-bond donors (Lipinski definition) is 3. The number of pyridine rings is 1. The lowest BCUT2D eigenvalue weighted by atomic mass is 9.93. The first-order chi connectivity index (χ1) is 26.1. The number of aromatic nitrogens is 1. The molecule has 3 atom stereocenters. The number of nitriles is 1. The quantitative estimate of drug-likeness (QED) is 0.0996. The van der Waals surface area contributed by atoms with Crippen molar-refractivity contribution in [2.45, 2.75) is 83.5 Å². The first kappa shape index (κ1) is 39.0. The van der Waals surface area contributed by atoms with Crippen LogP contribution in [0.4, 0.5) is 4.39 Å². The Morgan fingerprint density at radius 1 is 1.07 bits per heavy atom. The highest BCUT2D eigenvalue weighted by molar-refractivity contribution is 6.32. The molecule has 3 aromatic carbocycles. The molecule has 1 aliphatic carbocycles. The second kappa shape index (κ2) is 18.1. The van der Waals surface area contributed by atoms with Crippen molar-refractivity contribution in [1.29, 1.82) is 5.26 Å². The predicted molar refractivity (Wildman–Crippen MR) is 204 cm³/mol. The molecule has 4 aromatic rings. The van der Waals surface area contributed by atoms with E-state index in [0.717, 1.165) is 66.9 Å². The van der Waals surface area contributed by atoms with Gasteiger partial charge >= 0.3 is 5.97 Å². The molecular weight excluding hydrogens is 711 g/mol. The summed E-state index contributed by atoms with van der Waals surface area (Å²) in [6.45, 7) is 6.73. The third-order valence-electron chi connectivity index (χ3n) is 10.1. The highest BCUT2D eigenvalue weighted by atomic mass is 35.5. The molecule has 284 valence electrons. The number of carboxylic acids is 1. The number of carbonyl (C=O) groups is 1. The lowest BCUT2D eigenvalue weighted by Crippen LogP contribution is -2.44. The van der Waals surface area contributed by atoms with Crippen molar-refractivity contribution in [1.82, 2.24) is 15.2 Å². The SMILES string of the molecule is Cc1c(OCCCN2CCC(F)CC2)cccc1-c1cccc2c1CC[C@@H]2Oc1cc(OCc2cncc(C#N)c2)c(CN[C@H](C(=O)O)[C@@H](C)O)cc1Cl. The Morgan fingerprint density at radius 3 is 2.61 bits per heavy atom. The Morgan fingerprint density at radius 2 is 1.85 bits per heavy atom. The molecule has 0 saturated carbocycles. The summed E-state index contributed by atoms with van der Waals surface area (Å²) >= 11 is 6.82. The van der Waals surface area contributed by atoms with Crippen molar-refractivity contribution in [3.8, 4) is 34.4 Å². The second-order valence-corrected chi connectivity index (χ2v) is 14.4. The lowest BCUT2D eigenvalue weighted by Gasteiger charge is -2.28. The van der Waals surface area contributed by atoms with E-state index in [9.17, 15) is 24.7 Å². The smallest absolute Gasteiger partial charge is 0.323 e. The van der Waals surface area contributed by atoms with Gasteiger partial charge in [-0.2, -0.15) is 5.26 Å². The Hall–Kier alpha value is -4.73. The fraction of sp³-hybridized carbons (Fsp3) is 0.405. The van der Waals surface area contributed by atoms with E-state index in [0.29, 0.717) is 52.7 Å². The maximum atomic E-state index is 13.5. The molecule has 2 heterocycles. The van der Waals surface area contributed by atoms with Crippen LogP contribution >= 0.6 is 11.6 Å². The zero-order chi connectivity index (χ0) is 38.2. The highest BCUT2D eigenvalue weighted by Crippen LogP contribution is 2.44. The minimum Gasteiger partial charge on any atom is -0.493 e. The van der Waals surface area contributed by atoms with E-state index in [1.807, 2.05) is 18.2 Å². The van der Waals surface area contributed by atoms with Gasteiger partial charge in [0.1, 0.15) is 48.2 Å². The van der Waals surface area contributed by atoms with Crippen molar-refractivity contribution in [3.05, 3.63) is 105 Å². The monoisotopic (exact) mass is 756 g/mol. The molecule has 1 aliphatic heterocycles. The second-order valence-electron chi connectivity index (χ2n) is 14.0. The summed E-state index contributed by atoms with van der Waals surface area (Å²) in [5.74, 6) is 0.482. The largest absolute Gasteiger partial charge is 0.493 e. The maximum Gasteiger partial charge on any atom is 0.323 e. The van der Waals surface area contributed by atoms with Crippen LogP contribution in [0.2, 0.25) is 5.02 Å². The summed E-state index contributed by atoms with van der Waals surface area (Å²) in [5.41, 5.74) is 7.22. The Kier molecular flexibility index (Phi) is 13.0. The number of halogens is 2. The topological polar surface area (TPSA) is 137 Å². The molecule has 1 aromatic heterocycles. The van der Waals surface area contributed by atoms with Gasteiger partial charge in [-0.3, -0.25) is 15.1 Å². The van der Waals surface area contributed by atoms with Gasteiger partial charge in [0, 0.05) is 55.8 Å². The van der Waals surface area contributed by atoms with Gasteiger partial charge in [-0.05, 0) is 92.0 Å².